The molecule has 0 aliphatic heterocycles. The Morgan fingerprint density at radius 1 is 0.955 bits per heavy atom. The highest BCUT2D eigenvalue weighted by Gasteiger charge is 2.16. The lowest BCUT2D eigenvalue weighted by Gasteiger charge is -2.09. The number of carboxylic acids is 4. The Kier molecular flexibility index (Phi) is 12.0. The fraction of sp³-hybridized carbons (Fsp3) is 0.500. The van der Waals surface area contributed by atoms with Gasteiger partial charge in [0.2, 0.25) is 0 Å². The predicted molar refractivity (Wildman–Crippen MR) is 74.1 cm³/mol. The molecular weight excluding hydrogens is 300 g/mol. The number of rotatable bonds is 10. The van der Waals surface area contributed by atoms with Crippen molar-refractivity contribution in [2.24, 2.45) is 5.73 Å². The van der Waals surface area contributed by atoms with Gasteiger partial charge in [-0.25, -0.2) is 4.79 Å². The van der Waals surface area contributed by atoms with Crippen molar-refractivity contribution >= 4 is 23.9 Å². The second-order valence-electron chi connectivity index (χ2n) is 4.07. The van der Waals surface area contributed by atoms with E-state index in [1.165, 1.54) is 6.20 Å². The van der Waals surface area contributed by atoms with E-state index >= 15 is 0 Å². The Balaban J connectivity index is 0. The molecule has 0 spiro atoms. The number of hydrogen-bond acceptors (Lipinski definition) is 6. The van der Waals surface area contributed by atoms with Gasteiger partial charge in [-0.1, -0.05) is 6.58 Å². The second kappa shape index (κ2) is 12.1. The number of carbonyl (C=O) groups is 4. The molecule has 0 fully saturated rings. The molecule has 10 heteroatoms. The van der Waals surface area contributed by atoms with E-state index in [-0.39, 0.29) is 25.7 Å². The van der Waals surface area contributed by atoms with E-state index in [0.29, 0.717) is 0 Å². The van der Waals surface area contributed by atoms with Gasteiger partial charge in [-0.3, -0.25) is 14.4 Å². The van der Waals surface area contributed by atoms with Crippen molar-refractivity contribution in [3.8, 4) is 0 Å². The molecule has 0 saturated carbocycles. The van der Waals surface area contributed by atoms with Gasteiger partial charge in [-0.2, -0.15) is 0 Å². The van der Waals surface area contributed by atoms with Crippen LogP contribution in [0.25, 0.3) is 0 Å². The molecule has 10 nitrogen and oxygen atoms in total. The van der Waals surface area contributed by atoms with Crippen molar-refractivity contribution in [1.82, 2.24) is 5.32 Å². The first kappa shape index (κ1) is 21.7. The van der Waals surface area contributed by atoms with Crippen molar-refractivity contribution in [3.63, 3.8) is 0 Å². The van der Waals surface area contributed by atoms with Gasteiger partial charge in [-0.15, -0.1) is 0 Å². The van der Waals surface area contributed by atoms with E-state index < -0.39 is 36.0 Å². The van der Waals surface area contributed by atoms with E-state index in [2.05, 4.69) is 11.9 Å². The van der Waals surface area contributed by atoms with E-state index in [1.807, 2.05) is 0 Å². The third kappa shape index (κ3) is 13.8. The lowest BCUT2D eigenvalue weighted by Crippen LogP contribution is -2.33. The molecule has 2 unspecified atom stereocenters. The molecular formula is C12H20N2O8. The van der Waals surface area contributed by atoms with Gasteiger partial charge in [0.15, 0.2) is 0 Å². The number of nitrogens with two attached hydrogens (primary N) is 1. The molecule has 0 aromatic carbocycles. The average Bonchev–Trinajstić information content (AvgIpc) is 2.40. The summed E-state index contributed by atoms with van der Waals surface area (Å²) in [5.41, 5.74) is 5.00. The SMILES string of the molecule is C=CNC(CCC(=O)O)C(=O)O.NC(CCC(=O)O)C(=O)O. The quantitative estimate of drug-likeness (QED) is 0.300. The largest absolute Gasteiger partial charge is 0.481 e. The second-order valence-corrected chi connectivity index (χ2v) is 4.07. The average molecular weight is 320 g/mol. The summed E-state index contributed by atoms with van der Waals surface area (Å²) in [7, 11) is 0. The molecule has 22 heavy (non-hydrogen) atoms. The summed E-state index contributed by atoms with van der Waals surface area (Å²) in [4.78, 5) is 40.4. The molecule has 0 saturated heterocycles. The van der Waals surface area contributed by atoms with E-state index in [4.69, 9.17) is 26.2 Å². The first-order valence-electron chi connectivity index (χ1n) is 6.13. The molecule has 0 aromatic heterocycles. The van der Waals surface area contributed by atoms with Crippen LogP contribution in [0.4, 0.5) is 0 Å². The van der Waals surface area contributed by atoms with E-state index in [9.17, 15) is 19.2 Å². The van der Waals surface area contributed by atoms with Gasteiger partial charge < -0.3 is 31.5 Å². The van der Waals surface area contributed by atoms with Gasteiger partial charge in [0.1, 0.15) is 12.1 Å². The Morgan fingerprint density at radius 2 is 1.41 bits per heavy atom. The van der Waals surface area contributed by atoms with Crippen LogP contribution >= 0.6 is 0 Å². The summed E-state index contributed by atoms with van der Waals surface area (Å²) in [5.74, 6) is -4.28. The first-order chi connectivity index (χ1) is 10.1. The van der Waals surface area contributed by atoms with Crippen molar-refractivity contribution in [2.75, 3.05) is 0 Å². The minimum Gasteiger partial charge on any atom is -0.481 e. The van der Waals surface area contributed by atoms with Gasteiger partial charge in [-0.05, 0) is 19.0 Å². The minimum atomic E-state index is -1.17. The fourth-order valence-corrected chi connectivity index (χ4v) is 1.09. The Labute approximate surface area is 126 Å². The first-order valence-corrected chi connectivity index (χ1v) is 6.13. The summed E-state index contributed by atoms with van der Waals surface area (Å²) < 4.78 is 0. The molecule has 0 aliphatic carbocycles. The Hall–Kier alpha value is -2.62. The van der Waals surface area contributed by atoms with E-state index in [1.54, 1.807) is 0 Å². The zero-order chi connectivity index (χ0) is 17.7. The Bertz CT molecular complexity index is 410. The number of hydrogen-bond donors (Lipinski definition) is 6. The fourth-order valence-electron chi connectivity index (χ4n) is 1.09. The molecule has 0 amide bonds. The normalized spacial score (nSPS) is 12.0. The highest BCUT2D eigenvalue weighted by molar-refractivity contribution is 5.75. The zero-order valence-electron chi connectivity index (χ0n) is 11.8. The van der Waals surface area contributed by atoms with Crippen LogP contribution in [-0.2, 0) is 19.2 Å². The Morgan fingerprint density at radius 3 is 1.73 bits per heavy atom. The molecule has 7 N–H and O–H groups in total. The van der Waals surface area contributed by atoms with Crippen molar-refractivity contribution in [2.45, 2.75) is 37.8 Å². The molecule has 0 radical (unpaired) electrons. The standard InChI is InChI=1S/C7H11NO4.C5H9NO4/c1-2-8-5(7(11)12)3-4-6(9)10;6-3(5(9)10)1-2-4(7)8/h2,5,8H,1,3-4H2,(H,9,10)(H,11,12);3H,1-2,6H2,(H,7,8)(H,9,10). The zero-order valence-corrected chi connectivity index (χ0v) is 11.8. The van der Waals surface area contributed by atoms with Crippen LogP contribution in [0.1, 0.15) is 25.7 Å². The van der Waals surface area contributed by atoms with Crippen molar-refractivity contribution in [3.05, 3.63) is 12.8 Å². The number of aliphatic carboxylic acids is 4. The van der Waals surface area contributed by atoms with Crippen molar-refractivity contribution < 1.29 is 39.6 Å². The summed E-state index contributed by atoms with van der Waals surface area (Å²) >= 11 is 0. The number of carboxylic acid groups (broad SMARTS) is 4. The van der Waals surface area contributed by atoms with Crippen LogP contribution in [0, 0.1) is 0 Å². The lowest BCUT2D eigenvalue weighted by molar-refractivity contribution is -0.142. The molecule has 0 aromatic rings. The maximum atomic E-state index is 10.4. The molecule has 0 bridgehead atoms. The maximum Gasteiger partial charge on any atom is 0.326 e. The number of nitrogens with one attached hydrogen (secondary N) is 1. The van der Waals surface area contributed by atoms with Crippen LogP contribution in [0.2, 0.25) is 0 Å². The molecule has 0 aliphatic rings. The van der Waals surface area contributed by atoms with Crippen molar-refractivity contribution in [1.29, 1.82) is 0 Å². The van der Waals surface area contributed by atoms with Crippen LogP contribution in [0.5, 0.6) is 0 Å². The summed E-state index contributed by atoms with van der Waals surface area (Å²) in [6.07, 6.45) is 0.896. The summed E-state index contributed by atoms with van der Waals surface area (Å²) in [6, 6.07) is -1.92. The maximum absolute atomic E-state index is 10.4. The monoisotopic (exact) mass is 320 g/mol. The highest BCUT2D eigenvalue weighted by Crippen LogP contribution is 1.97. The van der Waals surface area contributed by atoms with Crippen LogP contribution < -0.4 is 11.1 Å². The highest BCUT2D eigenvalue weighted by atomic mass is 16.4. The van der Waals surface area contributed by atoms with Crippen LogP contribution in [0.15, 0.2) is 12.8 Å². The molecule has 2 atom stereocenters. The van der Waals surface area contributed by atoms with Gasteiger partial charge in [0.25, 0.3) is 0 Å². The smallest absolute Gasteiger partial charge is 0.326 e. The summed E-state index contributed by atoms with van der Waals surface area (Å²) in [6.45, 7) is 3.29. The molecule has 0 rings (SSSR count). The van der Waals surface area contributed by atoms with Gasteiger partial charge in [0, 0.05) is 12.8 Å². The lowest BCUT2D eigenvalue weighted by atomic mass is 10.1. The summed E-state index contributed by atoms with van der Waals surface area (Å²) in [5, 5.41) is 35.5. The van der Waals surface area contributed by atoms with E-state index in [0.717, 1.165) is 0 Å². The third-order valence-electron chi connectivity index (χ3n) is 2.25. The van der Waals surface area contributed by atoms with Gasteiger partial charge >= 0.3 is 23.9 Å². The van der Waals surface area contributed by atoms with Gasteiger partial charge in [0.05, 0.1) is 0 Å². The van der Waals surface area contributed by atoms with Crippen LogP contribution in [-0.4, -0.2) is 56.4 Å². The third-order valence-corrected chi connectivity index (χ3v) is 2.25. The minimum absolute atomic E-state index is 0.0231. The molecule has 0 heterocycles. The topological polar surface area (TPSA) is 187 Å². The predicted octanol–water partition coefficient (Wildman–Crippen LogP) is -0.699. The van der Waals surface area contributed by atoms with Crippen LogP contribution in [0.3, 0.4) is 0 Å². The molecule has 126 valence electrons.